The van der Waals surface area contributed by atoms with Gasteiger partial charge in [-0.05, 0) is 63.6 Å². The van der Waals surface area contributed by atoms with Crippen molar-refractivity contribution in [2.45, 2.75) is 39.7 Å². The highest BCUT2D eigenvalue weighted by molar-refractivity contribution is 6.39. The summed E-state index contributed by atoms with van der Waals surface area (Å²) in [5.41, 5.74) is 0.0726. The van der Waals surface area contributed by atoms with Crippen LogP contribution in [-0.2, 0) is 4.74 Å². The highest BCUT2D eigenvalue weighted by Gasteiger charge is 2.33. The molecule has 0 N–H and O–H groups in total. The Balaban J connectivity index is 2.08. The van der Waals surface area contributed by atoms with E-state index in [-0.39, 0.29) is 37.8 Å². The minimum absolute atomic E-state index is 0.0678. The largest absolute Gasteiger partial charge is 0.573 e. The lowest BCUT2D eigenvalue weighted by molar-refractivity contribution is -0.274. The molecule has 170 valence electrons. The van der Waals surface area contributed by atoms with Crippen LogP contribution in [0.1, 0.15) is 47.1 Å². The molecule has 0 saturated heterocycles. The van der Waals surface area contributed by atoms with Crippen LogP contribution in [0.3, 0.4) is 0 Å². The van der Waals surface area contributed by atoms with Crippen molar-refractivity contribution in [1.82, 2.24) is 4.57 Å². The molecule has 3 aromatic rings. The van der Waals surface area contributed by atoms with Crippen LogP contribution in [0.5, 0.6) is 5.75 Å². The Bertz CT molecular complexity index is 1230. The van der Waals surface area contributed by atoms with E-state index in [0.29, 0.717) is 0 Å². The van der Waals surface area contributed by atoms with Crippen molar-refractivity contribution in [2.75, 3.05) is 0 Å². The number of hydrogen-bond donors (Lipinski definition) is 0. The lowest BCUT2D eigenvalue weighted by atomic mass is 10.1. The fourth-order valence-electron chi connectivity index (χ4n) is 3.14. The van der Waals surface area contributed by atoms with Crippen molar-refractivity contribution in [1.29, 1.82) is 0 Å². The number of nitrogens with zero attached hydrogens (tertiary/aromatic N) is 1. The fraction of sp³-hybridized carbons (Fsp3) is 0.273. The van der Waals surface area contributed by atoms with E-state index in [1.54, 1.807) is 20.8 Å². The quantitative estimate of drug-likeness (QED) is 0.381. The number of halogens is 5. The third kappa shape index (κ3) is 5.02. The standard InChI is InChI=1S/C22H18Cl2F3NO4/c1-11-8-15(31-22(25,26)27)17(24)14-10-16(23)28(18(11)14)19(29)12-6-5-7-13(9-12)20(30)32-21(2,3)4/h5-10H,1-4H3. The molecule has 0 saturated carbocycles. The zero-order valence-corrected chi connectivity index (χ0v) is 18.9. The van der Waals surface area contributed by atoms with Gasteiger partial charge in [0.15, 0.2) is 0 Å². The Labute approximate surface area is 191 Å². The molecule has 0 atom stereocenters. The van der Waals surface area contributed by atoms with E-state index < -0.39 is 29.6 Å². The van der Waals surface area contributed by atoms with Crippen LogP contribution in [-0.4, -0.2) is 28.4 Å². The molecule has 0 spiro atoms. The molecule has 0 radical (unpaired) electrons. The molecule has 1 aromatic heterocycles. The second-order valence-corrected chi connectivity index (χ2v) is 8.77. The Morgan fingerprint density at radius 2 is 1.62 bits per heavy atom. The van der Waals surface area contributed by atoms with E-state index in [1.807, 2.05) is 0 Å². The summed E-state index contributed by atoms with van der Waals surface area (Å²) in [6.45, 7) is 6.65. The summed E-state index contributed by atoms with van der Waals surface area (Å²) in [4.78, 5) is 25.6. The monoisotopic (exact) mass is 487 g/mol. The first-order valence-electron chi connectivity index (χ1n) is 9.32. The molecule has 0 fully saturated rings. The zero-order valence-electron chi connectivity index (χ0n) is 17.4. The Morgan fingerprint density at radius 3 is 2.22 bits per heavy atom. The average Bonchev–Trinajstić information content (AvgIpc) is 3.01. The summed E-state index contributed by atoms with van der Waals surface area (Å²) in [5, 5.41) is -0.284. The van der Waals surface area contributed by atoms with Crippen molar-refractivity contribution in [3.8, 4) is 5.75 Å². The van der Waals surface area contributed by atoms with Gasteiger partial charge in [-0.2, -0.15) is 0 Å². The Hall–Kier alpha value is -2.71. The topological polar surface area (TPSA) is 57.5 Å². The molecule has 0 bridgehead atoms. The second kappa shape index (κ2) is 8.33. The molecule has 2 aromatic carbocycles. The van der Waals surface area contributed by atoms with Gasteiger partial charge in [-0.15, -0.1) is 13.2 Å². The van der Waals surface area contributed by atoms with Crippen molar-refractivity contribution in [3.05, 3.63) is 63.3 Å². The average molecular weight is 488 g/mol. The summed E-state index contributed by atoms with van der Waals surface area (Å²) < 4.78 is 48.5. The van der Waals surface area contributed by atoms with Gasteiger partial charge in [0, 0.05) is 10.9 Å². The number of hydrogen-bond acceptors (Lipinski definition) is 4. The lowest BCUT2D eigenvalue weighted by Crippen LogP contribution is -2.24. The normalized spacial score (nSPS) is 12.2. The van der Waals surface area contributed by atoms with Gasteiger partial charge < -0.3 is 9.47 Å². The maximum Gasteiger partial charge on any atom is 0.573 e. The highest BCUT2D eigenvalue weighted by Crippen LogP contribution is 2.40. The number of aromatic nitrogens is 1. The van der Waals surface area contributed by atoms with Crippen LogP contribution >= 0.6 is 23.2 Å². The van der Waals surface area contributed by atoms with Gasteiger partial charge in [-0.1, -0.05) is 29.3 Å². The minimum Gasteiger partial charge on any atom is -0.456 e. The number of aryl methyl sites for hydroxylation is 1. The molecule has 5 nitrogen and oxygen atoms in total. The molecule has 0 aliphatic rings. The number of carbonyl (C=O) groups excluding carboxylic acids is 2. The van der Waals surface area contributed by atoms with Gasteiger partial charge >= 0.3 is 12.3 Å². The van der Waals surface area contributed by atoms with Crippen LogP contribution < -0.4 is 4.74 Å². The number of esters is 1. The van der Waals surface area contributed by atoms with Gasteiger partial charge in [-0.25, -0.2) is 4.79 Å². The highest BCUT2D eigenvalue weighted by atomic mass is 35.5. The Morgan fingerprint density at radius 1 is 1.00 bits per heavy atom. The summed E-state index contributed by atoms with van der Waals surface area (Å²) in [6, 6.07) is 8.22. The van der Waals surface area contributed by atoms with Crippen LogP contribution in [0.4, 0.5) is 13.2 Å². The van der Waals surface area contributed by atoms with Crippen LogP contribution in [0.2, 0.25) is 10.2 Å². The molecule has 3 rings (SSSR count). The third-order valence-corrected chi connectivity index (χ3v) is 4.97. The van der Waals surface area contributed by atoms with Crippen LogP contribution in [0, 0.1) is 6.92 Å². The van der Waals surface area contributed by atoms with Gasteiger partial charge in [0.05, 0.1) is 16.1 Å². The number of carbonyl (C=O) groups is 2. The number of alkyl halides is 3. The summed E-state index contributed by atoms with van der Waals surface area (Å²) in [5.74, 6) is -1.81. The fourth-order valence-corrected chi connectivity index (χ4v) is 3.65. The van der Waals surface area contributed by atoms with Crippen molar-refractivity contribution >= 4 is 46.0 Å². The summed E-state index contributed by atoms with van der Waals surface area (Å²) in [7, 11) is 0. The van der Waals surface area contributed by atoms with E-state index in [9.17, 15) is 22.8 Å². The number of benzene rings is 2. The van der Waals surface area contributed by atoms with Crippen LogP contribution in [0.15, 0.2) is 36.4 Å². The van der Waals surface area contributed by atoms with Gasteiger partial charge in [-0.3, -0.25) is 9.36 Å². The van der Waals surface area contributed by atoms with E-state index in [0.717, 1.165) is 10.6 Å². The zero-order chi connectivity index (χ0) is 24.0. The molecule has 0 aliphatic heterocycles. The van der Waals surface area contributed by atoms with Crippen LogP contribution in [0.25, 0.3) is 10.9 Å². The smallest absolute Gasteiger partial charge is 0.456 e. The lowest BCUT2D eigenvalue weighted by Gasteiger charge is -2.19. The first kappa shape index (κ1) is 23.9. The predicted octanol–water partition coefficient (Wildman–Crippen LogP) is 6.80. The second-order valence-electron chi connectivity index (χ2n) is 8.01. The molecule has 0 amide bonds. The summed E-state index contributed by atoms with van der Waals surface area (Å²) >= 11 is 12.4. The molecular weight excluding hydrogens is 470 g/mol. The first-order valence-corrected chi connectivity index (χ1v) is 10.1. The van der Waals surface area contributed by atoms with Gasteiger partial charge in [0.2, 0.25) is 0 Å². The Kier molecular flexibility index (Phi) is 6.23. The van der Waals surface area contributed by atoms with Gasteiger partial charge in [0.25, 0.3) is 5.91 Å². The van der Waals surface area contributed by atoms with Crippen molar-refractivity contribution in [2.24, 2.45) is 0 Å². The molecule has 0 aliphatic carbocycles. The minimum atomic E-state index is -4.94. The molecular formula is C22H18Cl2F3NO4. The molecule has 0 unspecified atom stereocenters. The molecule has 10 heteroatoms. The summed E-state index contributed by atoms with van der Waals surface area (Å²) in [6.07, 6.45) is -4.94. The number of fused-ring (bicyclic) bond motifs is 1. The third-order valence-electron chi connectivity index (χ3n) is 4.30. The number of rotatable bonds is 3. The first-order chi connectivity index (χ1) is 14.7. The molecule has 1 heterocycles. The maximum atomic E-state index is 13.3. The molecule has 32 heavy (non-hydrogen) atoms. The number of ether oxygens (including phenoxy) is 2. The van der Waals surface area contributed by atoms with E-state index >= 15 is 0 Å². The van der Waals surface area contributed by atoms with Crippen molar-refractivity contribution < 1.29 is 32.2 Å². The van der Waals surface area contributed by atoms with E-state index in [2.05, 4.69) is 4.74 Å². The van der Waals surface area contributed by atoms with Crippen molar-refractivity contribution in [3.63, 3.8) is 0 Å². The van der Waals surface area contributed by atoms with Gasteiger partial charge in [0.1, 0.15) is 16.5 Å². The SMILES string of the molecule is Cc1cc(OC(F)(F)F)c(Cl)c2cc(Cl)n(C(=O)c3cccc(C(=O)OC(C)(C)C)c3)c12. The predicted molar refractivity (Wildman–Crippen MR) is 115 cm³/mol. The van der Waals surface area contributed by atoms with E-state index in [1.165, 1.54) is 37.3 Å². The van der Waals surface area contributed by atoms with E-state index in [4.69, 9.17) is 27.9 Å². The maximum absolute atomic E-state index is 13.3.